The maximum absolute atomic E-state index is 10.3. The number of hydrogen-bond acceptors (Lipinski definition) is 4. The Balaban J connectivity index is 0. The van der Waals surface area contributed by atoms with Gasteiger partial charge < -0.3 is 14.6 Å². The van der Waals surface area contributed by atoms with Gasteiger partial charge in [0.05, 0.1) is 12.6 Å². The average Bonchev–Trinajstić information content (AvgIpc) is 1.85. The number of carbonyl (C=O) groups excluding carboxylic acids is 2. The number of aliphatic carboxylic acids is 1. The van der Waals surface area contributed by atoms with Crippen LogP contribution >= 0.6 is 0 Å². The third-order valence-corrected chi connectivity index (χ3v) is 0.642. The van der Waals surface area contributed by atoms with Gasteiger partial charge >= 0.3 is 29.0 Å². The van der Waals surface area contributed by atoms with Crippen LogP contribution in [0.3, 0.4) is 0 Å². The Hall–Kier alpha value is -0.554. The second kappa shape index (κ2) is 7.55. The molecule has 0 aliphatic carbocycles. The summed E-state index contributed by atoms with van der Waals surface area (Å²) in [6, 6.07) is 0. The number of rotatable bonds is 3. The smallest absolute Gasteiger partial charge is 0.545 e. The van der Waals surface area contributed by atoms with Gasteiger partial charge in [0.25, 0.3) is 0 Å². The second-order valence-electron chi connectivity index (χ2n) is 1.40. The number of carbonyl (C=O) groups is 2. The Kier molecular flexibility index (Phi) is 8.97. The molecule has 0 fully saturated rings. The van der Waals surface area contributed by atoms with Crippen molar-refractivity contribution < 1.29 is 19.4 Å². The maximum Gasteiger partial charge on any atom is 2.00 e. The van der Waals surface area contributed by atoms with Gasteiger partial charge in [-0.15, -0.1) is 0 Å². The molecule has 0 spiro atoms. The predicted octanol–water partition coefficient (Wildman–Crippen LogP) is -1.53. The fraction of sp³-hybridized carbons (Fsp3) is 0.333. The molecule has 0 aromatic rings. The van der Waals surface area contributed by atoms with Crippen LogP contribution in [0, 0.1) is 0 Å². The molecular formula is C6H7MgO4+. The van der Waals surface area contributed by atoms with Gasteiger partial charge in [0.2, 0.25) is 0 Å². The average molecular weight is 167 g/mol. The Labute approximate surface area is 80.4 Å². The van der Waals surface area contributed by atoms with Gasteiger partial charge in [-0.05, 0) is 13.0 Å². The summed E-state index contributed by atoms with van der Waals surface area (Å²) in [5.74, 6) is -2.08. The summed E-state index contributed by atoms with van der Waals surface area (Å²) in [7, 11) is 0. The zero-order chi connectivity index (χ0) is 7.98. The summed E-state index contributed by atoms with van der Waals surface area (Å²) >= 11 is 0. The summed E-state index contributed by atoms with van der Waals surface area (Å²) in [6.45, 7) is 1.86. The first-order valence-corrected chi connectivity index (χ1v) is 2.72. The van der Waals surface area contributed by atoms with Crippen LogP contribution in [-0.2, 0) is 14.3 Å². The zero-order valence-electron chi connectivity index (χ0n) is 6.20. The molecule has 0 atom stereocenters. The van der Waals surface area contributed by atoms with Crippen molar-refractivity contribution in [2.45, 2.75) is 6.92 Å². The quantitative estimate of drug-likeness (QED) is 0.291. The molecule has 0 aliphatic heterocycles. The van der Waals surface area contributed by atoms with E-state index in [-0.39, 0.29) is 29.7 Å². The van der Waals surface area contributed by atoms with Crippen LogP contribution in [0.5, 0.6) is 0 Å². The van der Waals surface area contributed by atoms with E-state index >= 15 is 0 Å². The molecule has 0 saturated heterocycles. The molecule has 5 heteroatoms. The van der Waals surface area contributed by atoms with Gasteiger partial charge in [0, 0.05) is 6.08 Å². The van der Waals surface area contributed by atoms with Crippen LogP contribution in [-0.4, -0.2) is 41.6 Å². The minimum Gasteiger partial charge on any atom is -0.545 e. The topological polar surface area (TPSA) is 66.4 Å². The van der Waals surface area contributed by atoms with Crippen molar-refractivity contribution in [1.29, 1.82) is 0 Å². The molecular weight excluding hydrogens is 160 g/mol. The van der Waals surface area contributed by atoms with Crippen LogP contribution in [0.4, 0.5) is 0 Å². The Morgan fingerprint density at radius 2 is 2.00 bits per heavy atom. The fourth-order valence-electron chi connectivity index (χ4n) is 0.326. The van der Waals surface area contributed by atoms with Crippen molar-refractivity contribution in [2.75, 3.05) is 6.61 Å². The Morgan fingerprint density at radius 3 is 2.36 bits per heavy atom. The third-order valence-electron chi connectivity index (χ3n) is 0.642. The first-order valence-electron chi connectivity index (χ1n) is 2.72. The predicted molar refractivity (Wildman–Crippen MR) is 36.5 cm³/mol. The Bertz CT molecular complexity index is 164. The van der Waals surface area contributed by atoms with Crippen LogP contribution in [0.2, 0.25) is 0 Å². The molecule has 0 heterocycles. The molecule has 0 aromatic heterocycles. The zero-order valence-corrected chi connectivity index (χ0v) is 7.62. The molecule has 0 unspecified atom stereocenters. The van der Waals surface area contributed by atoms with Crippen molar-refractivity contribution in [2.24, 2.45) is 0 Å². The van der Waals surface area contributed by atoms with Gasteiger partial charge in [0.1, 0.15) is 0 Å². The maximum atomic E-state index is 10.3. The van der Waals surface area contributed by atoms with Gasteiger partial charge in [-0.3, -0.25) is 0 Å². The summed E-state index contributed by atoms with van der Waals surface area (Å²) in [5.41, 5.74) is 0. The van der Waals surface area contributed by atoms with Gasteiger partial charge in [-0.1, -0.05) is 0 Å². The van der Waals surface area contributed by atoms with Crippen LogP contribution in [0.25, 0.3) is 0 Å². The number of carboxylic acid groups (broad SMARTS) is 1. The normalized spacial score (nSPS) is 8.82. The van der Waals surface area contributed by atoms with Gasteiger partial charge in [-0.25, -0.2) is 4.79 Å². The van der Waals surface area contributed by atoms with Crippen molar-refractivity contribution in [1.82, 2.24) is 0 Å². The monoisotopic (exact) mass is 167 g/mol. The number of esters is 1. The molecule has 4 nitrogen and oxygen atoms in total. The second-order valence-corrected chi connectivity index (χ2v) is 1.40. The van der Waals surface area contributed by atoms with E-state index in [2.05, 4.69) is 4.74 Å². The van der Waals surface area contributed by atoms with Gasteiger partial charge in [0.15, 0.2) is 0 Å². The Morgan fingerprint density at radius 1 is 1.45 bits per heavy atom. The number of carboxylic acids is 1. The van der Waals surface area contributed by atoms with E-state index in [0.717, 1.165) is 6.08 Å². The minimum atomic E-state index is -1.41. The molecule has 0 radical (unpaired) electrons. The first-order chi connectivity index (χ1) is 4.66. The first kappa shape index (κ1) is 13.1. The molecule has 0 bridgehead atoms. The summed E-state index contributed by atoms with van der Waals surface area (Å²) in [4.78, 5) is 20.0. The fourth-order valence-corrected chi connectivity index (χ4v) is 0.326. The molecule has 0 aromatic carbocycles. The molecule has 0 rings (SSSR count). The summed E-state index contributed by atoms with van der Waals surface area (Å²) < 4.78 is 4.38. The van der Waals surface area contributed by atoms with E-state index in [4.69, 9.17) is 0 Å². The summed E-state index contributed by atoms with van der Waals surface area (Å²) in [5, 5.41) is 9.70. The van der Waals surface area contributed by atoms with Crippen molar-refractivity contribution in [3.8, 4) is 0 Å². The van der Waals surface area contributed by atoms with Gasteiger partial charge in [-0.2, -0.15) is 0 Å². The number of ether oxygens (including phenoxy) is 1. The van der Waals surface area contributed by atoms with Crippen molar-refractivity contribution in [3.05, 3.63) is 12.2 Å². The molecule has 0 saturated carbocycles. The molecule has 11 heavy (non-hydrogen) atoms. The van der Waals surface area contributed by atoms with E-state index in [9.17, 15) is 14.7 Å². The van der Waals surface area contributed by atoms with Crippen LogP contribution < -0.4 is 5.11 Å². The van der Waals surface area contributed by atoms with Crippen LogP contribution in [0.1, 0.15) is 6.92 Å². The third kappa shape index (κ3) is 9.45. The molecule has 0 aliphatic rings. The summed E-state index contributed by atoms with van der Waals surface area (Å²) in [6.07, 6.45) is 1.43. The van der Waals surface area contributed by atoms with Crippen molar-refractivity contribution in [3.63, 3.8) is 0 Å². The van der Waals surface area contributed by atoms with E-state index in [1.54, 1.807) is 6.92 Å². The largest absolute Gasteiger partial charge is 2.00 e. The molecule has 0 N–H and O–H groups in total. The number of hydrogen-bond donors (Lipinski definition) is 0. The minimum absolute atomic E-state index is 0. The molecule has 0 amide bonds. The van der Waals surface area contributed by atoms with Crippen molar-refractivity contribution >= 4 is 35.0 Å². The van der Waals surface area contributed by atoms with E-state index in [1.165, 1.54) is 0 Å². The van der Waals surface area contributed by atoms with Crippen LogP contribution in [0.15, 0.2) is 12.2 Å². The molecule has 56 valence electrons. The van der Waals surface area contributed by atoms with E-state index in [1.807, 2.05) is 0 Å². The van der Waals surface area contributed by atoms with E-state index in [0.29, 0.717) is 6.08 Å². The SMILES string of the molecule is CCOC(=O)/C=C/C(=O)[O-].[Mg+2]. The van der Waals surface area contributed by atoms with E-state index < -0.39 is 11.9 Å². The standard InChI is InChI=1S/C6H8O4.Mg/c1-2-10-6(9)4-3-5(7)8;/h3-4H,2H2,1H3,(H,7,8);/q;+2/p-1/b4-3+;.